The van der Waals surface area contributed by atoms with Crippen LogP contribution in [0.25, 0.3) is 5.57 Å². The quantitative estimate of drug-likeness (QED) is 0.598. The topological polar surface area (TPSA) is 124 Å². The summed E-state index contributed by atoms with van der Waals surface area (Å²) in [5.41, 5.74) is 8.47. The highest BCUT2D eigenvalue weighted by Crippen LogP contribution is 2.25. The number of anilines is 1. The summed E-state index contributed by atoms with van der Waals surface area (Å²) in [6.45, 7) is 2.57. The Bertz CT molecular complexity index is 1070. The van der Waals surface area contributed by atoms with Gasteiger partial charge in [0.15, 0.2) is 5.69 Å². The molecular formula is C25H32N6O3. The summed E-state index contributed by atoms with van der Waals surface area (Å²) < 4.78 is 7.24. The lowest BCUT2D eigenvalue weighted by atomic mass is 10.0. The second kappa shape index (κ2) is 11.6. The van der Waals surface area contributed by atoms with Crippen molar-refractivity contribution in [2.45, 2.75) is 44.6 Å². The number of carbonyl (C=O) groups is 2. The zero-order valence-electron chi connectivity index (χ0n) is 19.3. The molecule has 0 aliphatic carbocycles. The molecule has 2 bridgehead atoms. The van der Waals surface area contributed by atoms with Crippen LogP contribution in [0.3, 0.4) is 0 Å². The van der Waals surface area contributed by atoms with Gasteiger partial charge in [0.1, 0.15) is 0 Å². The number of aromatic nitrogens is 2. The van der Waals surface area contributed by atoms with E-state index in [1.54, 1.807) is 35.3 Å². The van der Waals surface area contributed by atoms with E-state index >= 15 is 0 Å². The minimum absolute atomic E-state index is 0.132. The Balaban J connectivity index is 1.65. The van der Waals surface area contributed by atoms with E-state index in [2.05, 4.69) is 20.7 Å². The van der Waals surface area contributed by atoms with Crippen molar-refractivity contribution in [3.05, 3.63) is 53.5 Å². The Kier molecular flexibility index (Phi) is 8.08. The third kappa shape index (κ3) is 5.91. The number of carbonyl (C=O) groups excluding carboxylic acids is 2. The number of hydrogen-bond donors (Lipinski definition) is 3. The number of allylic oxidation sites excluding steroid dienone is 1. The Labute approximate surface area is 199 Å². The third-order valence-electron chi connectivity index (χ3n) is 6.13. The molecule has 4 rings (SSSR count). The highest BCUT2D eigenvalue weighted by Gasteiger charge is 2.24. The summed E-state index contributed by atoms with van der Waals surface area (Å²) in [5, 5.41) is 10.4. The van der Waals surface area contributed by atoms with Crippen molar-refractivity contribution in [3.63, 3.8) is 0 Å². The Morgan fingerprint density at radius 2 is 1.85 bits per heavy atom. The lowest BCUT2D eigenvalue weighted by Crippen LogP contribution is -2.27. The molecule has 1 aromatic heterocycles. The maximum Gasteiger partial charge on any atom is 0.273 e. The number of nitrogens with two attached hydrogens (primary N) is 1. The van der Waals surface area contributed by atoms with Gasteiger partial charge in [-0.2, -0.15) is 5.10 Å². The molecule has 2 amide bonds. The molecule has 9 nitrogen and oxygen atoms in total. The fourth-order valence-corrected chi connectivity index (χ4v) is 4.17. The minimum atomic E-state index is -0.322. The van der Waals surface area contributed by atoms with Crippen molar-refractivity contribution in [2.24, 2.45) is 10.7 Å². The van der Waals surface area contributed by atoms with E-state index in [-0.39, 0.29) is 23.6 Å². The number of ether oxygens (including phenoxy) is 1. The summed E-state index contributed by atoms with van der Waals surface area (Å²) >= 11 is 0. The number of rotatable bonds is 1. The highest BCUT2D eigenvalue weighted by molar-refractivity contribution is 6.12. The molecule has 0 radical (unpaired) electrons. The molecule has 0 saturated carbocycles. The van der Waals surface area contributed by atoms with Crippen molar-refractivity contribution in [2.75, 3.05) is 31.6 Å². The predicted octanol–water partition coefficient (Wildman–Crippen LogP) is 3.16. The van der Waals surface area contributed by atoms with E-state index in [0.29, 0.717) is 37.6 Å². The van der Waals surface area contributed by atoms with E-state index in [9.17, 15) is 9.59 Å². The molecular weight excluding hydrogens is 432 g/mol. The van der Waals surface area contributed by atoms with Crippen molar-refractivity contribution >= 4 is 29.3 Å². The summed E-state index contributed by atoms with van der Waals surface area (Å²) in [7, 11) is 0. The third-order valence-corrected chi connectivity index (χ3v) is 6.13. The summed E-state index contributed by atoms with van der Waals surface area (Å²) in [6.07, 6.45) is 10.5. The predicted molar refractivity (Wildman–Crippen MR) is 132 cm³/mol. The summed E-state index contributed by atoms with van der Waals surface area (Å²) in [4.78, 5) is 30.6. The van der Waals surface area contributed by atoms with Gasteiger partial charge < -0.3 is 21.1 Å². The lowest BCUT2D eigenvalue weighted by Gasteiger charge is -2.22. The molecule has 1 aromatic carbocycles. The van der Waals surface area contributed by atoms with Gasteiger partial charge in [0.2, 0.25) is 0 Å². The molecule has 0 atom stereocenters. The number of amides is 2. The molecule has 180 valence electrons. The molecule has 34 heavy (non-hydrogen) atoms. The van der Waals surface area contributed by atoms with Gasteiger partial charge in [-0.15, -0.1) is 0 Å². The van der Waals surface area contributed by atoms with Crippen LogP contribution in [-0.2, 0) is 4.74 Å². The van der Waals surface area contributed by atoms with Crippen LogP contribution in [0.2, 0.25) is 0 Å². The van der Waals surface area contributed by atoms with Crippen LogP contribution in [0.5, 0.6) is 0 Å². The zero-order valence-corrected chi connectivity index (χ0v) is 19.3. The van der Waals surface area contributed by atoms with Crippen molar-refractivity contribution in [3.8, 4) is 0 Å². The molecule has 0 unspecified atom stereocenters. The minimum Gasteiger partial charge on any atom is -0.404 e. The number of nitrogens with one attached hydrogen (secondary N) is 2. The first kappa shape index (κ1) is 23.7. The van der Waals surface area contributed by atoms with E-state index in [1.165, 1.54) is 6.20 Å². The number of nitrogens with zero attached hydrogens (tertiary/aromatic N) is 3. The number of aliphatic imine (C=N–C) groups is 1. The number of hydrogen-bond acceptors (Lipinski definition) is 6. The first-order valence-corrected chi connectivity index (χ1v) is 11.9. The van der Waals surface area contributed by atoms with Crippen molar-refractivity contribution < 1.29 is 14.3 Å². The Morgan fingerprint density at radius 1 is 1.06 bits per heavy atom. The first-order chi connectivity index (χ1) is 16.7. The monoisotopic (exact) mass is 464 g/mol. The van der Waals surface area contributed by atoms with Crippen LogP contribution in [0, 0.1) is 0 Å². The normalized spacial score (nSPS) is 20.2. The van der Waals surface area contributed by atoms with Crippen LogP contribution in [0.1, 0.15) is 71.0 Å². The number of fused-ring (bicyclic) bond motifs is 3. The van der Waals surface area contributed by atoms with Gasteiger partial charge in [0, 0.05) is 56.1 Å². The van der Waals surface area contributed by atoms with Gasteiger partial charge in [0.25, 0.3) is 11.8 Å². The lowest BCUT2D eigenvalue weighted by molar-refractivity contribution is 0.0660. The van der Waals surface area contributed by atoms with Gasteiger partial charge >= 0.3 is 0 Å². The molecule has 2 aromatic rings. The smallest absolute Gasteiger partial charge is 0.273 e. The number of benzene rings is 1. The van der Waals surface area contributed by atoms with Gasteiger partial charge in [-0.05, 0) is 43.4 Å². The van der Waals surface area contributed by atoms with Crippen LogP contribution >= 0.6 is 0 Å². The van der Waals surface area contributed by atoms with Crippen LogP contribution in [0.15, 0.2) is 41.7 Å². The molecule has 2 aliphatic heterocycles. The fourth-order valence-electron chi connectivity index (χ4n) is 4.17. The molecule has 9 heteroatoms. The Morgan fingerprint density at radius 3 is 2.68 bits per heavy atom. The SMILES string of the molecule is NC=C1C=NCCCCCCNC(=O)c2nn(C3CCOCC3)cc2NC(=O)c2cccc1c2. The van der Waals surface area contributed by atoms with Gasteiger partial charge in [0.05, 0.1) is 11.7 Å². The first-order valence-electron chi connectivity index (χ1n) is 11.9. The van der Waals surface area contributed by atoms with Crippen LogP contribution in [-0.4, -0.2) is 54.1 Å². The van der Waals surface area contributed by atoms with Crippen LogP contribution < -0.4 is 16.4 Å². The molecule has 1 saturated heterocycles. The Hall–Kier alpha value is -3.46. The van der Waals surface area contributed by atoms with Gasteiger partial charge in [-0.25, -0.2) is 0 Å². The maximum atomic E-state index is 13.1. The standard InChI is InChI=1S/C25H32N6O3/c26-15-20-16-27-10-3-1-2-4-11-28-25(33)23-22(17-31(30-23)21-8-12-34-13-9-21)29-24(32)19-7-5-6-18(20)14-19/h5-7,14-17,21H,1-4,8-13,26H2,(H,28,33)(H,29,32). The van der Waals surface area contributed by atoms with Crippen molar-refractivity contribution in [1.82, 2.24) is 15.1 Å². The second-order valence-electron chi connectivity index (χ2n) is 8.58. The average molecular weight is 465 g/mol. The van der Waals surface area contributed by atoms with Gasteiger partial charge in [-0.1, -0.05) is 25.0 Å². The molecule has 4 N–H and O–H groups in total. The summed E-state index contributed by atoms with van der Waals surface area (Å²) in [6, 6.07) is 7.32. The average Bonchev–Trinajstić information content (AvgIpc) is 3.29. The maximum absolute atomic E-state index is 13.1. The second-order valence-corrected chi connectivity index (χ2v) is 8.58. The molecule has 3 heterocycles. The van der Waals surface area contributed by atoms with Crippen LogP contribution in [0.4, 0.5) is 5.69 Å². The van der Waals surface area contributed by atoms with E-state index in [1.807, 2.05) is 6.07 Å². The van der Waals surface area contributed by atoms with Gasteiger partial charge in [-0.3, -0.25) is 19.3 Å². The molecule has 0 spiro atoms. The fraction of sp³-hybridized carbons (Fsp3) is 0.440. The van der Waals surface area contributed by atoms with E-state index in [4.69, 9.17) is 10.5 Å². The molecule has 2 aliphatic rings. The van der Waals surface area contributed by atoms with E-state index < -0.39 is 0 Å². The largest absolute Gasteiger partial charge is 0.404 e. The van der Waals surface area contributed by atoms with E-state index in [0.717, 1.165) is 49.7 Å². The summed E-state index contributed by atoms with van der Waals surface area (Å²) in [5.74, 6) is -0.606. The molecule has 1 fully saturated rings. The highest BCUT2D eigenvalue weighted by atomic mass is 16.5. The van der Waals surface area contributed by atoms with Crippen molar-refractivity contribution in [1.29, 1.82) is 0 Å². The zero-order chi connectivity index (χ0) is 23.8.